The molecule has 0 bridgehead atoms. The lowest BCUT2D eigenvalue weighted by Gasteiger charge is -2.04. The molecule has 4 aromatic rings. The van der Waals surface area contributed by atoms with Crippen LogP contribution in [-0.4, -0.2) is 30.8 Å². The molecule has 0 spiro atoms. The van der Waals surface area contributed by atoms with Crippen LogP contribution in [0.2, 0.25) is 0 Å². The van der Waals surface area contributed by atoms with E-state index >= 15 is 0 Å². The van der Waals surface area contributed by atoms with Crippen molar-refractivity contribution in [3.8, 4) is 22.5 Å². The van der Waals surface area contributed by atoms with Gasteiger partial charge >= 0.3 is 0 Å². The highest BCUT2D eigenvalue weighted by atomic mass is 15.3. The number of aromatic nitrogens is 6. The van der Waals surface area contributed by atoms with E-state index in [0.717, 1.165) is 33.6 Å². The second-order valence-electron chi connectivity index (χ2n) is 5.81. The minimum atomic E-state index is 0.672. The highest BCUT2D eigenvalue weighted by molar-refractivity contribution is 5.79. The number of nitrogens with two attached hydrogens (primary N) is 1. The Morgan fingerprint density at radius 3 is 1.89 bits per heavy atom. The van der Waals surface area contributed by atoms with Crippen molar-refractivity contribution in [3.63, 3.8) is 0 Å². The quantitative estimate of drug-likeness (QED) is 0.444. The van der Waals surface area contributed by atoms with E-state index in [2.05, 4.69) is 30.8 Å². The largest absolute Gasteiger partial charge is 0.398 e. The fourth-order valence-corrected chi connectivity index (χ4v) is 2.63. The van der Waals surface area contributed by atoms with Crippen molar-refractivity contribution in [1.82, 2.24) is 30.8 Å². The topological polar surface area (TPSA) is 103 Å². The van der Waals surface area contributed by atoms with Crippen LogP contribution in [-0.2, 0) is 0 Å². The van der Waals surface area contributed by atoms with Crippen molar-refractivity contribution in [2.24, 2.45) is 0 Å². The highest BCUT2D eigenvalue weighted by Crippen LogP contribution is 2.24. The van der Waals surface area contributed by atoms with Crippen LogP contribution < -0.4 is 5.73 Å². The SMILES string of the molecule is Nc1cc(-c2ccnnn2)ccc1C=Cc1ccc(-c2ccnnn2)cc1. The lowest BCUT2D eigenvalue weighted by Crippen LogP contribution is -1.93. The molecule has 0 unspecified atom stereocenters. The van der Waals surface area contributed by atoms with E-state index in [1.807, 2.05) is 60.7 Å². The molecule has 27 heavy (non-hydrogen) atoms. The molecule has 0 saturated carbocycles. The first-order chi connectivity index (χ1) is 13.3. The van der Waals surface area contributed by atoms with Crippen LogP contribution in [0.4, 0.5) is 5.69 Å². The van der Waals surface area contributed by atoms with E-state index in [9.17, 15) is 0 Å². The van der Waals surface area contributed by atoms with Gasteiger partial charge in [-0.3, -0.25) is 0 Å². The van der Waals surface area contributed by atoms with E-state index in [0.29, 0.717) is 5.69 Å². The maximum atomic E-state index is 6.19. The van der Waals surface area contributed by atoms with Gasteiger partial charge in [0.1, 0.15) is 0 Å². The fraction of sp³-hybridized carbons (Fsp3) is 0. The molecule has 130 valence electrons. The average molecular weight is 353 g/mol. The molecule has 2 heterocycles. The van der Waals surface area contributed by atoms with Gasteiger partial charge in [0, 0.05) is 16.8 Å². The summed E-state index contributed by atoms with van der Waals surface area (Å²) in [7, 11) is 0. The van der Waals surface area contributed by atoms with Crippen molar-refractivity contribution in [2.45, 2.75) is 0 Å². The molecule has 0 atom stereocenters. The maximum Gasteiger partial charge on any atom is 0.0964 e. The Kier molecular flexibility index (Phi) is 4.57. The lowest BCUT2D eigenvalue weighted by atomic mass is 10.0. The van der Waals surface area contributed by atoms with Crippen molar-refractivity contribution in [2.75, 3.05) is 5.73 Å². The Hall–Kier alpha value is -4.00. The molecule has 0 fully saturated rings. The van der Waals surface area contributed by atoms with E-state index in [-0.39, 0.29) is 0 Å². The first kappa shape index (κ1) is 16.5. The van der Waals surface area contributed by atoms with Gasteiger partial charge in [0.25, 0.3) is 0 Å². The Balaban J connectivity index is 1.53. The summed E-state index contributed by atoms with van der Waals surface area (Å²) in [5.74, 6) is 0. The normalized spacial score (nSPS) is 11.0. The van der Waals surface area contributed by atoms with Crippen LogP contribution in [0.1, 0.15) is 11.1 Å². The Bertz CT molecular complexity index is 1060. The molecular weight excluding hydrogens is 338 g/mol. The van der Waals surface area contributed by atoms with Gasteiger partial charge in [0.15, 0.2) is 0 Å². The molecular formula is C20H15N7. The van der Waals surface area contributed by atoms with Gasteiger partial charge in [-0.05, 0) is 39.8 Å². The molecule has 2 N–H and O–H groups in total. The van der Waals surface area contributed by atoms with Crippen LogP contribution in [0.25, 0.3) is 34.7 Å². The van der Waals surface area contributed by atoms with Crippen molar-refractivity contribution < 1.29 is 0 Å². The van der Waals surface area contributed by atoms with E-state index < -0.39 is 0 Å². The third kappa shape index (κ3) is 3.82. The van der Waals surface area contributed by atoms with Gasteiger partial charge in [-0.25, -0.2) is 0 Å². The minimum absolute atomic E-state index is 0.672. The molecule has 0 radical (unpaired) electrons. The zero-order valence-electron chi connectivity index (χ0n) is 14.3. The van der Waals surface area contributed by atoms with Crippen LogP contribution >= 0.6 is 0 Å². The molecule has 0 aliphatic carbocycles. The van der Waals surface area contributed by atoms with Crippen LogP contribution in [0.15, 0.2) is 67.0 Å². The number of nitrogens with zero attached hydrogens (tertiary/aromatic N) is 6. The molecule has 2 aromatic heterocycles. The average Bonchev–Trinajstić information content (AvgIpc) is 2.74. The summed E-state index contributed by atoms with van der Waals surface area (Å²) in [6.07, 6.45) is 7.23. The zero-order valence-corrected chi connectivity index (χ0v) is 14.3. The van der Waals surface area contributed by atoms with E-state index in [1.54, 1.807) is 18.5 Å². The fourth-order valence-electron chi connectivity index (χ4n) is 2.63. The lowest BCUT2D eigenvalue weighted by molar-refractivity contribution is 0.870. The number of anilines is 1. The van der Waals surface area contributed by atoms with Gasteiger partial charge in [0.05, 0.1) is 23.8 Å². The Morgan fingerprint density at radius 2 is 1.30 bits per heavy atom. The first-order valence-electron chi connectivity index (χ1n) is 8.27. The predicted molar refractivity (Wildman–Crippen MR) is 104 cm³/mol. The number of nitrogen functional groups attached to an aromatic ring is 1. The van der Waals surface area contributed by atoms with E-state index in [1.165, 1.54) is 0 Å². The van der Waals surface area contributed by atoms with Crippen molar-refractivity contribution in [1.29, 1.82) is 0 Å². The second-order valence-corrected chi connectivity index (χ2v) is 5.81. The van der Waals surface area contributed by atoms with E-state index in [4.69, 9.17) is 5.73 Å². The summed E-state index contributed by atoms with van der Waals surface area (Å²) in [4.78, 5) is 0. The zero-order chi connectivity index (χ0) is 18.5. The Morgan fingerprint density at radius 1 is 0.667 bits per heavy atom. The summed E-state index contributed by atoms with van der Waals surface area (Å²) < 4.78 is 0. The summed E-state index contributed by atoms with van der Waals surface area (Å²) in [6.45, 7) is 0. The van der Waals surface area contributed by atoms with Gasteiger partial charge in [0.2, 0.25) is 0 Å². The monoisotopic (exact) mass is 353 g/mol. The van der Waals surface area contributed by atoms with Gasteiger partial charge in [-0.2, -0.15) is 0 Å². The van der Waals surface area contributed by atoms with Crippen LogP contribution in [0, 0.1) is 0 Å². The molecule has 0 amide bonds. The number of hydrogen-bond donors (Lipinski definition) is 1. The number of rotatable bonds is 4. The standard InChI is InChI=1S/C20H15N7/c21-18-13-17(20-10-12-23-27-25-20)8-7-15(18)4-1-14-2-5-16(6-3-14)19-9-11-22-26-24-19/h1-13H,21H2. The van der Waals surface area contributed by atoms with Crippen molar-refractivity contribution in [3.05, 3.63) is 78.1 Å². The molecule has 0 aliphatic rings. The Labute approximate surface area is 155 Å². The van der Waals surface area contributed by atoms with Gasteiger partial charge in [-0.1, -0.05) is 48.6 Å². The van der Waals surface area contributed by atoms with Gasteiger partial charge in [-0.15, -0.1) is 20.4 Å². The maximum absolute atomic E-state index is 6.19. The van der Waals surface area contributed by atoms with Gasteiger partial charge < -0.3 is 5.73 Å². The van der Waals surface area contributed by atoms with Crippen LogP contribution in [0.3, 0.4) is 0 Å². The molecule has 2 aromatic carbocycles. The number of hydrogen-bond acceptors (Lipinski definition) is 7. The molecule has 4 rings (SSSR count). The minimum Gasteiger partial charge on any atom is -0.398 e. The summed E-state index contributed by atoms with van der Waals surface area (Å²) in [6, 6.07) is 17.5. The molecule has 7 nitrogen and oxygen atoms in total. The molecule has 7 heteroatoms. The smallest absolute Gasteiger partial charge is 0.0964 e. The van der Waals surface area contributed by atoms with Crippen molar-refractivity contribution >= 4 is 17.8 Å². The summed E-state index contributed by atoms with van der Waals surface area (Å²) in [5, 5.41) is 22.7. The predicted octanol–water partition coefficient (Wildman–Crippen LogP) is 3.14. The summed E-state index contributed by atoms with van der Waals surface area (Å²) >= 11 is 0. The number of benzene rings is 2. The third-order valence-corrected chi connectivity index (χ3v) is 4.05. The first-order valence-corrected chi connectivity index (χ1v) is 8.27. The second kappa shape index (κ2) is 7.49. The molecule has 0 aliphatic heterocycles. The molecule has 0 saturated heterocycles. The highest BCUT2D eigenvalue weighted by Gasteiger charge is 2.03. The third-order valence-electron chi connectivity index (χ3n) is 4.05. The summed E-state index contributed by atoms with van der Waals surface area (Å²) in [5.41, 5.74) is 12.3. The van der Waals surface area contributed by atoms with Crippen LogP contribution in [0.5, 0.6) is 0 Å².